The van der Waals surface area contributed by atoms with E-state index in [-0.39, 0.29) is 25.1 Å². The molecule has 0 aromatic heterocycles. The molecule has 4 heteroatoms. The summed E-state index contributed by atoms with van der Waals surface area (Å²) < 4.78 is 16.5. The van der Waals surface area contributed by atoms with Gasteiger partial charge < -0.3 is 19.3 Å². The van der Waals surface area contributed by atoms with E-state index in [0.717, 1.165) is 19.3 Å². The first-order chi connectivity index (χ1) is 7.30. The first kappa shape index (κ1) is 12.9. The summed E-state index contributed by atoms with van der Waals surface area (Å²) in [5.41, 5.74) is 0. The monoisotopic (exact) mass is 218 g/mol. The van der Waals surface area contributed by atoms with E-state index < -0.39 is 0 Å². The molecular formula is C11H22O4. The third-order valence-corrected chi connectivity index (χ3v) is 2.63. The number of hydrogen-bond donors (Lipinski definition) is 1. The van der Waals surface area contributed by atoms with E-state index in [0.29, 0.717) is 13.2 Å². The van der Waals surface area contributed by atoms with Crippen molar-refractivity contribution < 1.29 is 19.3 Å². The second-order valence-electron chi connectivity index (χ2n) is 3.80. The average Bonchev–Trinajstić information content (AvgIpc) is 2.72. The molecule has 0 saturated carbocycles. The topological polar surface area (TPSA) is 47.9 Å². The lowest BCUT2D eigenvalue weighted by molar-refractivity contribution is -0.0859. The summed E-state index contributed by atoms with van der Waals surface area (Å²) in [5.74, 6) is 0. The maximum atomic E-state index is 8.91. The molecule has 1 aliphatic rings. The first-order valence-electron chi connectivity index (χ1n) is 5.79. The smallest absolute Gasteiger partial charge is 0.160 e. The van der Waals surface area contributed by atoms with Crippen LogP contribution in [-0.2, 0) is 14.2 Å². The van der Waals surface area contributed by atoms with Crippen molar-refractivity contribution in [1.29, 1.82) is 0 Å². The molecule has 0 amide bonds. The van der Waals surface area contributed by atoms with Gasteiger partial charge in [0.25, 0.3) is 0 Å². The number of ether oxygens (including phenoxy) is 3. The van der Waals surface area contributed by atoms with Crippen LogP contribution in [0.25, 0.3) is 0 Å². The highest BCUT2D eigenvalue weighted by atomic mass is 16.7. The Hall–Kier alpha value is -0.160. The normalized spacial score (nSPS) is 28.2. The Morgan fingerprint density at radius 2 is 2.27 bits per heavy atom. The van der Waals surface area contributed by atoms with Gasteiger partial charge in [0.15, 0.2) is 6.29 Å². The molecular weight excluding hydrogens is 196 g/mol. The zero-order valence-electron chi connectivity index (χ0n) is 9.65. The Morgan fingerprint density at radius 3 is 2.80 bits per heavy atom. The standard InChI is InChI=1S/C11H22O4/c1-3-9(7-12)13-6-5-11-14-8-10(4-2)15-11/h9-12H,3-8H2,1-2H3. The molecule has 1 rings (SSSR count). The Morgan fingerprint density at radius 1 is 1.47 bits per heavy atom. The average molecular weight is 218 g/mol. The lowest BCUT2D eigenvalue weighted by atomic mass is 10.3. The van der Waals surface area contributed by atoms with Gasteiger partial charge in [0.05, 0.1) is 32.0 Å². The largest absolute Gasteiger partial charge is 0.394 e. The number of aliphatic hydroxyl groups excluding tert-OH is 1. The van der Waals surface area contributed by atoms with E-state index in [1.807, 2.05) is 6.92 Å². The van der Waals surface area contributed by atoms with E-state index in [1.54, 1.807) is 0 Å². The minimum absolute atomic E-state index is 0.0478. The zero-order valence-corrected chi connectivity index (χ0v) is 9.65. The van der Waals surface area contributed by atoms with Gasteiger partial charge in [0.1, 0.15) is 0 Å². The third kappa shape index (κ3) is 4.47. The lowest BCUT2D eigenvalue weighted by Crippen LogP contribution is -2.20. The Bertz CT molecular complexity index is 159. The van der Waals surface area contributed by atoms with Crippen LogP contribution in [-0.4, -0.2) is 43.4 Å². The third-order valence-electron chi connectivity index (χ3n) is 2.63. The van der Waals surface area contributed by atoms with Gasteiger partial charge in [-0.3, -0.25) is 0 Å². The summed E-state index contributed by atoms with van der Waals surface area (Å²) in [6.07, 6.45) is 2.65. The maximum Gasteiger partial charge on any atom is 0.160 e. The van der Waals surface area contributed by atoms with Crippen LogP contribution < -0.4 is 0 Å². The summed E-state index contributed by atoms with van der Waals surface area (Å²) in [6, 6.07) is 0. The van der Waals surface area contributed by atoms with Gasteiger partial charge >= 0.3 is 0 Å². The van der Waals surface area contributed by atoms with E-state index in [2.05, 4.69) is 6.92 Å². The van der Waals surface area contributed by atoms with Gasteiger partial charge in [-0.15, -0.1) is 0 Å². The van der Waals surface area contributed by atoms with Gasteiger partial charge in [-0.1, -0.05) is 13.8 Å². The maximum absolute atomic E-state index is 8.91. The quantitative estimate of drug-likeness (QED) is 0.700. The molecule has 1 N–H and O–H groups in total. The fraction of sp³-hybridized carbons (Fsp3) is 1.00. The van der Waals surface area contributed by atoms with Crippen LogP contribution in [0.5, 0.6) is 0 Å². The summed E-state index contributed by atoms with van der Waals surface area (Å²) in [4.78, 5) is 0. The highest BCUT2D eigenvalue weighted by Gasteiger charge is 2.24. The van der Waals surface area contributed by atoms with E-state index in [1.165, 1.54) is 0 Å². The molecule has 3 atom stereocenters. The molecule has 0 aromatic rings. The molecule has 90 valence electrons. The van der Waals surface area contributed by atoms with Crippen LogP contribution in [0.1, 0.15) is 33.1 Å². The van der Waals surface area contributed by atoms with Crippen LogP contribution in [0.15, 0.2) is 0 Å². The van der Waals surface area contributed by atoms with Crippen molar-refractivity contribution in [2.24, 2.45) is 0 Å². The summed E-state index contributed by atoms with van der Waals surface area (Å²) in [7, 11) is 0. The second-order valence-corrected chi connectivity index (χ2v) is 3.80. The Kier molecular flexibility index (Phi) is 6.17. The fourth-order valence-corrected chi connectivity index (χ4v) is 1.50. The molecule has 3 unspecified atom stereocenters. The molecule has 1 aliphatic heterocycles. The highest BCUT2D eigenvalue weighted by Crippen LogP contribution is 2.16. The van der Waals surface area contributed by atoms with Crippen LogP contribution in [0.2, 0.25) is 0 Å². The predicted octanol–water partition coefficient (Wildman–Crippen LogP) is 1.32. The summed E-state index contributed by atoms with van der Waals surface area (Å²) >= 11 is 0. The van der Waals surface area contributed by atoms with Gasteiger partial charge in [-0.05, 0) is 12.8 Å². The number of aliphatic hydroxyl groups is 1. The molecule has 1 heterocycles. The van der Waals surface area contributed by atoms with Gasteiger partial charge in [0, 0.05) is 6.42 Å². The molecule has 1 fully saturated rings. The SMILES string of the molecule is CCC(CO)OCCC1OCC(CC)O1. The zero-order chi connectivity index (χ0) is 11.1. The van der Waals surface area contributed by atoms with Crippen molar-refractivity contribution in [2.75, 3.05) is 19.8 Å². The molecule has 15 heavy (non-hydrogen) atoms. The van der Waals surface area contributed by atoms with Gasteiger partial charge in [-0.25, -0.2) is 0 Å². The van der Waals surface area contributed by atoms with Crippen molar-refractivity contribution in [3.63, 3.8) is 0 Å². The minimum Gasteiger partial charge on any atom is -0.394 e. The summed E-state index contributed by atoms with van der Waals surface area (Å²) in [5, 5.41) is 8.91. The van der Waals surface area contributed by atoms with E-state index in [9.17, 15) is 0 Å². The number of hydrogen-bond acceptors (Lipinski definition) is 4. The predicted molar refractivity (Wildman–Crippen MR) is 56.6 cm³/mol. The second kappa shape index (κ2) is 7.17. The van der Waals surface area contributed by atoms with Crippen LogP contribution >= 0.6 is 0 Å². The fourth-order valence-electron chi connectivity index (χ4n) is 1.50. The van der Waals surface area contributed by atoms with Crippen LogP contribution in [0.4, 0.5) is 0 Å². The highest BCUT2D eigenvalue weighted by molar-refractivity contribution is 4.63. The molecule has 0 radical (unpaired) electrons. The molecule has 0 aromatic carbocycles. The van der Waals surface area contributed by atoms with Crippen molar-refractivity contribution >= 4 is 0 Å². The van der Waals surface area contributed by atoms with Crippen molar-refractivity contribution in [1.82, 2.24) is 0 Å². The minimum atomic E-state index is -0.119. The molecule has 4 nitrogen and oxygen atoms in total. The van der Waals surface area contributed by atoms with Crippen LogP contribution in [0, 0.1) is 0 Å². The van der Waals surface area contributed by atoms with E-state index >= 15 is 0 Å². The van der Waals surface area contributed by atoms with Crippen molar-refractivity contribution in [3.8, 4) is 0 Å². The van der Waals surface area contributed by atoms with Crippen molar-refractivity contribution in [3.05, 3.63) is 0 Å². The van der Waals surface area contributed by atoms with Crippen molar-refractivity contribution in [2.45, 2.75) is 51.6 Å². The Balaban J connectivity index is 2.05. The molecule has 0 bridgehead atoms. The Labute approximate surface area is 91.5 Å². The molecule has 0 aliphatic carbocycles. The van der Waals surface area contributed by atoms with Gasteiger partial charge in [-0.2, -0.15) is 0 Å². The molecule has 0 spiro atoms. The van der Waals surface area contributed by atoms with Gasteiger partial charge in [0.2, 0.25) is 0 Å². The first-order valence-corrected chi connectivity index (χ1v) is 5.79. The van der Waals surface area contributed by atoms with E-state index in [4.69, 9.17) is 19.3 Å². The summed E-state index contributed by atoms with van der Waals surface area (Å²) in [6.45, 7) is 5.45. The van der Waals surface area contributed by atoms with Crippen LogP contribution in [0.3, 0.4) is 0 Å². The number of rotatable bonds is 7. The molecule has 1 saturated heterocycles. The lowest BCUT2D eigenvalue weighted by Gasteiger charge is -2.15.